The molecule has 0 unspecified atom stereocenters. The second-order valence-corrected chi connectivity index (χ2v) is 5.87. The van der Waals surface area contributed by atoms with E-state index >= 15 is 0 Å². The van der Waals surface area contributed by atoms with Gasteiger partial charge in [0.15, 0.2) is 0 Å². The van der Waals surface area contributed by atoms with E-state index in [0.29, 0.717) is 11.6 Å². The van der Waals surface area contributed by atoms with E-state index in [1.165, 1.54) is 6.07 Å². The molecule has 0 spiro atoms. The van der Waals surface area contributed by atoms with Crippen LogP contribution in [0.3, 0.4) is 0 Å². The Labute approximate surface area is 115 Å². The second-order valence-electron chi connectivity index (χ2n) is 4.22. The first kappa shape index (κ1) is 14.3. The number of aryl methyl sites for hydroxylation is 1. The molecule has 0 aliphatic carbocycles. The van der Waals surface area contributed by atoms with E-state index in [1.54, 1.807) is 19.1 Å². The maximum absolute atomic E-state index is 13.6. The maximum atomic E-state index is 13.6. The molecule has 0 bridgehead atoms. The number of benzene rings is 2. The molecule has 2 rings (SSSR count). The highest BCUT2D eigenvalue weighted by Crippen LogP contribution is 2.26. The molecule has 2 aromatic rings. The van der Waals surface area contributed by atoms with Crippen molar-refractivity contribution in [3.63, 3.8) is 0 Å². The number of halogens is 2. The fraction of sp³-hybridized carbons (Fsp3) is 0.0769. The van der Waals surface area contributed by atoms with Gasteiger partial charge in [0.2, 0.25) is 0 Å². The Morgan fingerprint density at radius 3 is 2.50 bits per heavy atom. The van der Waals surface area contributed by atoms with Crippen molar-refractivity contribution >= 4 is 21.4 Å². The lowest BCUT2D eigenvalue weighted by molar-refractivity contribution is 0.555. The highest BCUT2D eigenvalue weighted by molar-refractivity contribution is 7.92. The zero-order chi connectivity index (χ0) is 14.9. The van der Waals surface area contributed by atoms with E-state index in [9.17, 15) is 17.2 Å². The molecule has 20 heavy (non-hydrogen) atoms. The van der Waals surface area contributed by atoms with Crippen molar-refractivity contribution in [2.45, 2.75) is 11.8 Å². The summed E-state index contributed by atoms with van der Waals surface area (Å²) in [4.78, 5) is -0.764. The average molecular weight is 298 g/mol. The summed E-state index contributed by atoms with van der Waals surface area (Å²) in [5.41, 5.74) is 6.60. The van der Waals surface area contributed by atoms with Gasteiger partial charge in [-0.1, -0.05) is 12.1 Å². The number of rotatable bonds is 3. The van der Waals surface area contributed by atoms with E-state index in [0.717, 1.165) is 12.1 Å². The monoisotopic (exact) mass is 298 g/mol. The third-order valence-corrected chi connectivity index (χ3v) is 4.09. The lowest BCUT2D eigenvalue weighted by atomic mass is 10.2. The molecule has 4 nitrogen and oxygen atoms in total. The minimum atomic E-state index is -4.26. The summed E-state index contributed by atoms with van der Waals surface area (Å²) in [6.45, 7) is 1.65. The van der Waals surface area contributed by atoms with Gasteiger partial charge in [-0.15, -0.1) is 0 Å². The zero-order valence-electron chi connectivity index (χ0n) is 10.5. The van der Waals surface area contributed by atoms with Crippen LogP contribution < -0.4 is 10.5 Å². The number of nitrogens with two attached hydrogens (primary N) is 1. The van der Waals surface area contributed by atoms with Gasteiger partial charge in [-0.25, -0.2) is 17.2 Å². The van der Waals surface area contributed by atoms with Gasteiger partial charge < -0.3 is 5.73 Å². The van der Waals surface area contributed by atoms with E-state index in [1.807, 2.05) is 0 Å². The number of hydrogen-bond donors (Lipinski definition) is 2. The fourth-order valence-corrected chi connectivity index (χ4v) is 2.95. The molecule has 2 aromatic carbocycles. The van der Waals surface area contributed by atoms with E-state index < -0.39 is 26.6 Å². The third-order valence-electron chi connectivity index (χ3n) is 2.72. The summed E-state index contributed by atoms with van der Waals surface area (Å²) in [6, 6.07) is 7.03. The highest BCUT2D eigenvalue weighted by atomic mass is 32.2. The lowest BCUT2D eigenvalue weighted by Gasteiger charge is -2.13. The van der Waals surface area contributed by atoms with E-state index in [2.05, 4.69) is 4.72 Å². The van der Waals surface area contributed by atoms with Gasteiger partial charge in [0.1, 0.15) is 16.5 Å². The topological polar surface area (TPSA) is 72.2 Å². The molecule has 0 aliphatic heterocycles. The number of hydrogen-bond acceptors (Lipinski definition) is 3. The van der Waals surface area contributed by atoms with Crippen LogP contribution in [-0.2, 0) is 10.0 Å². The Balaban J connectivity index is 2.49. The fourth-order valence-electron chi connectivity index (χ4n) is 1.70. The summed E-state index contributed by atoms with van der Waals surface area (Å²) < 4.78 is 53.0. The molecule has 7 heteroatoms. The van der Waals surface area contributed by atoms with Crippen LogP contribution in [0.2, 0.25) is 0 Å². The normalized spacial score (nSPS) is 11.3. The molecular formula is C13H12F2N2O2S. The van der Waals surface area contributed by atoms with Crippen molar-refractivity contribution in [3.8, 4) is 0 Å². The zero-order valence-corrected chi connectivity index (χ0v) is 11.3. The lowest BCUT2D eigenvalue weighted by Crippen LogP contribution is -2.16. The first-order valence-electron chi connectivity index (χ1n) is 5.64. The van der Waals surface area contributed by atoms with Crippen LogP contribution >= 0.6 is 0 Å². The van der Waals surface area contributed by atoms with Crippen molar-refractivity contribution in [1.82, 2.24) is 0 Å². The minimum Gasteiger partial charge on any atom is -0.397 e. The van der Waals surface area contributed by atoms with Crippen molar-refractivity contribution in [3.05, 3.63) is 53.6 Å². The Hall–Kier alpha value is -2.15. The molecule has 0 heterocycles. The van der Waals surface area contributed by atoms with Crippen LogP contribution in [-0.4, -0.2) is 8.42 Å². The first-order valence-corrected chi connectivity index (χ1v) is 7.12. The Bertz CT molecular complexity index is 741. The summed E-state index contributed by atoms with van der Waals surface area (Å²) in [5, 5.41) is 0. The van der Waals surface area contributed by atoms with Crippen molar-refractivity contribution in [2.24, 2.45) is 0 Å². The van der Waals surface area contributed by atoms with Gasteiger partial charge >= 0.3 is 0 Å². The summed E-state index contributed by atoms with van der Waals surface area (Å²) >= 11 is 0. The average Bonchev–Trinajstić information content (AvgIpc) is 2.37. The standard InChI is InChI=1S/C13H12F2N2O2S/c1-8-3-2-4-11(16)13(8)17-20(18,19)12-7-9(14)5-6-10(12)15/h2-7,17H,16H2,1H3. The quantitative estimate of drug-likeness (QED) is 0.856. The van der Waals surface area contributed by atoms with Gasteiger partial charge in [-0.2, -0.15) is 0 Å². The molecule has 0 radical (unpaired) electrons. The Morgan fingerprint density at radius 1 is 1.15 bits per heavy atom. The predicted octanol–water partition coefficient (Wildman–Crippen LogP) is 2.66. The summed E-state index contributed by atoms with van der Waals surface area (Å²) in [7, 11) is -4.26. The van der Waals surface area contributed by atoms with Crippen LogP contribution in [0, 0.1) is 18.6 Å². The van der Waals surface area contributed by atoms with E-state index in [-0.39, 0.29) is 11.4 Å². The van der Waals surface area contributed by atoms with Gasteiger partial charge in [0.25, 0.3) is 10.0 Å². The number of anilines is 2. The Kier molecular flexibility index (Phi) is 3.63. The van der Waals surface area contributed by atoms with Crippen LogP contribution in [0.5, 0.6) is 0 Å². The molecule has 0 atom stereocenters. The van der Waals surface area contributed by atoms with Gasteiger partial charge in [-0.3, -0.25) is 4.72 Å². The molecule has 106 valence electrons. The molecule has 0 aromatic heterocycles. The largest absolute Gasteiger partial charge is 0.397 e. The van der Waals surface area contributed by atoms with Gasteiger partial charge in [0, 0.05) is 0 Å². The van der Waals surface area contributed by atoms with Crippen molar-refractivity contribution in [1.29, 1.82) is 0 Å². The molecule has 0 amide bonds. The minimum absolute atomic E-state index is 0.149. The maximum Gasteiger partial charge on any atom is 0.264 e. The summed E-state index contributed by atoms with van der Waals surface area (Å²) in [6.07, 6.45) is 0. The molecule has 0 aliphatic rings. The van der Waals surface area contributed by atoms with Gasteiger partial charge in [-0.05, 0) is 36.8 Å². The predicted molar refractivity (Wildman–Crippen MR) is 72.8 cm³/mol. The van der Waals surface area contributed by atoms with Crippen LogP contribution in [0.25, 0.3) is 0 Å². The first-order chi connectivity index (χ1) is 9.31. The SMILES string of the molecule is Cc1cccc(N)c1NS(=O)(=O)c1cc(F)ccc1F. The van der Waals surface area contributed by atoms with Crippen LogP contribution in [0.1, 0.15) is 5.56 Å². The Morgan fingerprint density at radius 2 is 1.85 bits per heavy atom. The van der Waals surface area contributed by atoms with Crippen molar-refractivity contribution in [2.75, 3.05) is 10.5 Å². The third kappa shape index (κ3) is 2.72. The number of nitrogen functional groups attached to an aromatic ring is 1. The number of sulfonamides is 1. The second kappa shape index (κ2) is 5.09. The molecular weight excluding hydrogens is 286 g/mol. The highest BCUT2D eigenvalue weighted by Gasteiger charge is 2.21. The van der Waals surface area contributed by atoms with E-state index in [4.69, 9.17) is 5.73 Å². The summed E-state index contributed by atoms with van der Waals surface area (Å²) in [5.74, 6) is -1.88. The smallest absolute Gasteiger partial charge is 0.264 e. The number of nitrogens with one attached hydrogen (secondary N) is 1. The number of para-hydroxylation sites is 1. The molecule has 0 fully saturated rings. The van der Waals surface area contributed by atoms with Crippen LogP contribution in [0.15, 0.2) is 41.3 Å². The van der Waals surface area contributed by atoms with Gasteiger partial charge in [0.05, 0.1) is 11.4 Å². The van der Waals surface area contributed by atoms with Crippen LogP contribution in [0.4, 0.5) is 20.2 Å². The molecule has 3 N–H and O–H groups in total. The molecule has 0 saturated heterocycles. The van der Waals surface area contributed by atoms with Crippen molar-refractivity contribution < 1.29 is 17.2 Å². The molecule has 0 saturated carbocycles.